The van der Waals surface area contributed by atoms with Crippen LogP contribution >= 0.6 is 0 Å². The zero-order valence-electron chi connectivity index (χ0n) is 13.2. The molecule has 0 saturated carbocycles. The zero-order valence-corrected chi connectivity index (χ0v) is 13.2. The molecule has 1 atom stereocenters. The van der Waals surface area contributed by atoms with Gasteiger partial charge in [-0.05, 0) is 29.5 Å². The Bertz CT molecular complexity index is 714. The minimum absolute atomic E-state index is 0.115. The second-order valence-corrected chi connectivity index (χ2v) is 5.98. The van der Waals surface area contributed by atoms with E-state index in [1.54, 1.807) is 0 Å². The third kappa shape index (κ3) is 3.46. The van der Waals surface area contributed by atoms with E-state index in [2.05, 4.69) is 36.3 Å². The van der Waals surface area contributed by atoms with E-state index < -0.39 is 0 Å². The van der Waals surface area contributed by atoms with Crippen LogP contribution in [0.1, 0.15) is 42.0 Å². The smallest absolute Gasteiger partial charge is 0.223 e. The lowest BCUT2D eigenvalue weighted by molar-refractivity contribution is -0.135. The molecular weight excluding hydrogens is 282 g/mol. The Morgan fingerprint density at radius 2 is 1.78 bits per heavy atom. The molecule has 1 heterocycles. The van der Waals surface area contributed by atoms with Crippen LogP contribution in [0.5, 0.6) is 0 Å². The van der Waals surface area contributed by atoms with Crippen molar-refractivity contribution in [1.29, 1.82) is 0 Å². The summed E-state index contributed by atoms with van der Waals surface area (Å²) >= 11 is 0. The van der Waals surface area contributed by atoms with E-state index in [1.807, 2.05) is 29.2 Å². The topological polar surface area (TPSA) is 20.3 Å². The lowest BCUT2D eigenvalue weighted by atomic mass is 9.89. The molecule has 0 spiro atoms. The summed E-state index contributed by atoms with van der Waals surface area (Å²) in [6.07, 6.45) is 8.12. The zero-order chi connectivity index (χ0) is 16.1. The molecule has 116 valence electrons. The molecule has 0 bridgehead atoms. The van der Waals surface area contributed by atoms with E-state index in [0.717, 1.165) is 12.8 Å². The second kappa shape index (κ2) is 7.15. The predicted octanol–water partition coefficient (Wildman–Crippen LogP) is 4.12. The van der Waals surface area contributed by atoms with E-state index in [9.17, 15) is 4.79 Å². The number of rotatable bonds is 4. The highest BCUT2D eigenvalue weighted by atomic mass is 16.2. The van der Waals surface area contributed by atoms with Crippen LogP contribution in [0.2, 0.25) is 0 Å². The first-order valence-corrected chi connectivity index (χ1v) is 8.14. The first-order chi connectivity index (χ1) is 11.3. The van der Waals surface area contributed by atoms with E-state index in [-0.39, 0.29) is 11.9 Å². The summed E-state index contributed by atoms with van der Waals surface area (Å²) in [5.41, 5.74) is 3.80. The Hall–Kier alpha value is -2.53. The van der Waals surface area contributed by atoms with Gasteiger partial charge in [0.15, 0.2) is 0 Å². The molecule has 2 heteroatoms. The van der Waals surface area contributed by atoms with E-state index >= 15 is 0 Å². The summed E-state index contributed by atoms with van der Waals surface area (Å²) in [6.45, 7) is 0.685. The van der Waals surface area contributed by atoms with Crippen molar-refractivity contribution >= 4 is 5.91 Å². The third-order valence-electron chi connectivity index (χ3n) is 4.47. The SMILES string of the molecule is C#CCCCC(=O)N1Cc2ccccc2CC1c1ccccc1. The van der Waals surface area contributed by atoms with Crippen molar-refractivity contribution in [2.75, 3.05) is 0 Å². The third-order valence-corrected chi connectivity index (χ3v) is 4.47. The molecular formula is C21H21NO. The van der Waals surface area contributed by atoms with Crippen molar-refractivity contribution in [3.05, 3.63) is 71.3 Å². The lowest BCUT2D eigenvalue weighted by Crippen LogP contribution is -2.38. The van der Waals surface area contributed by atoms with Gasteiger partial charge in [0.05, 0.1) is 6.04 Å². The van der Waals surface area contributed by atoms with Crippen LogP contribution in [-0.2, 0) is 17.8 Å². The molecule has 1 aliphatic rings. The van der Waals surface area contributed by atoms with Crippen molar-refractivity contribution in [3.8, 4) is 12.3 Å². The molecule has 1 unspecified atom stereocenters. The number of hydrogen-bond acceptors (Lipinski definition) is 1. The Kier molecular flexibility index (Phi) is 4.78. The van der Waals surface area contributed by atoms with Crippen LogP contribution in [-0.4, -0.2) is 10.8 Å². The van der Waals surface area contributed by atoms with Crippen LogP contribution in [0.25, 0.3) is 0 Å². The quantitative estimate of drug-likeness (QED) is 0.614. The molecule has 0 aliphatic carbocycles. The number of amides is 1. The summed E-state index contributed by atoms with van der Waals surface area (Å²) in [6, 6.07) is 18.8. The summed E-state index contributed by atoms with van der Waals surface area (Å²) in [4.78, 5) is 14.7. The van der Waals surface area contributed by atoms with Crippen molar-refractivity contribution in [2.24, 2.45) is 0 Å². The Balaban J connectivity index is 1.87. The largest absolute Gasteiger partial charge is 0.331 e. The van der Waals surface area contributed by atoms with Gasteiger partial charge in [-0.1, -0.05) is 54.6 Å². The fourth-order valence-corrected chi connectivity index (χ4v) is 3.24. The van der Waals surface area contributed by atoms with Gasteiger partial charge in [0.1, 0.15) is 0 Å². The van der Waals surface area contributed by atoms with Crippen molar-refractivity contribution < 1.29 is 4.79 Å². The van der Waals surface area contributed by atoms with Crippen LogP contribution in [0.4, 0.5) is 0 Å². The van der Waals surface area contributed by atoms with Gasteiger partial charge in [0.2, 0.25) is 5.91 Å². The second-order valence-electron chi connectivity index (χ2n) is 5.98. The Morgan fingerprint density at radius 3 is 2.52 bits per heavy atom. The molecule has 2 aromatic carbocycles. The normalized spacial score (nSPS) is 16.5. The minimum Gasteiger partial charge on any atom is -0.331 e. The fourth-order valence-electron chi connectivity index (χ4n) is 3.24. The number of carbonyl (C=O) groups excluding carboxylic acids is 1. The predicted molar refractivity (Wildman–Crippen MR) is 92.6 cm³/mol. The molecule has 0 aromatic heterocycles. The average molecular weight is 303 g/mol. The molecule has 1 amide bonds. The summed E-state index contributed by atoms with van der Waals surface area (Å²) in [5, 5.41) is 0. The maximum absolute atomic E-state index is 12.7. The summed E-state index contributed by atoms with van der Waals surface area (Å²) in [5.74, 6) is 2.81. The van der Waals surface area contributed by atoms with Crippen LogP contribution in [0.15, 0.2) is 54.6 Å². The number of hydrogen-bond donors (Lipinski definition) is 0. The summed E-state index contributed by atoms with van der Waals surface area (Å²) in [7, 11) is 0. The maximum atomic E-state index is 12.7. The van der Waals surface area contributed by atoms with Gasteiger partial charge in [-0.2, -0.15) is 0 Å². The molecule has 0 N–H and O–H groups in total. The van der Waals surface area contributed by atoms with E-state index in [1.165, 1.54) is 16.7 Å². The molecule has 23 heavy (non-hydrogen) atoms. The molecule has 2 nitrogen and oxygen atoms in total. The monoisotopic (exact) mass is 303 g/mol. The van der Waals surface area contributed by atoms with Gasteiger partial charge >= 0.3 is 0 Å². The van der Waals surface area contributed by atoms with Crippen LogP contribution in [0, 0.1) is 12.3 Å². The highest BCUT2D eigenvalue weighted by molar-refractivity contribution is 5.77. The number of nitrogens with zero attached hydrogens (tertiary/aromatic N) is 1. The number of carbonyl (C=O) groups is 1. The lowest BCUT2D eigenvalue weighted by Gasteiger charge is -2.37. The van der Waals surface area contributed by atoms with Crippen molar-refractivity contribution in [2.45, 2.75) is 38.3 Å². The number of fused-ring (bicyclic) bond motifs is 1. The van der Waals surface area contributed by atoms with E-state index in [4.69, 9.17) is 6.42 Å². The first kappa shape index (κ1) is 15.4. The Labute approximate surface area is 138 Å². The highest BCUT2D eigenvalue weighted by Crippen LogP contribution is 2.33. The van der Waals surface area contributed by atoms with Crippen LogP contribution < -0.4 is 0 Å². The van der Waals surface area contributed by atoms with Gasteiger partial charge in [0, 0.05) is 19.4 Å². The van der Waals surface area contributed by atoms with E-state index in [0.29, 0.717) is 19.4 Å². The molecule has 0 fully saturated rings. The molecule has 1 aliphatic heterocycles. The van der Waals surface area contributed by atoms with Gasteiger partial charge in [0.25, 0.3) is 0 Å². The summed E-state index contributed by atoms with van der Waals surface area (Å²) < 4.78 is 0. The van der Waals surface area contributed by atoms with Gasteiger partial charge in [-0.15, -0.1) is 12.3 Å². The van der Waals surface area contributed by atoms with Crippen LogP contribution in [0.3, 0.4) is 0 Å². The Morgan fingerprint density at radius 1 is 1.09 bits per heavy atom. The highest BCUT2D eigenvalue weighted by Gasteiger charge is 2.30. The molecule has 3 rings (SSSR count). The van der Waals surface area contributed by atoms with Gasteiger partial charge in [-0.25, -0.2) is 0 Å². The number of benzene rings is 2. The van der Waals surface area contributed by atoms with Crippen molar-refractivity contribution in [3.63, 3.8) is 0 Å². The van der Waals surface area contributed by atoms with Crippen molar-refractivity contribution in [1.82, 2.24) is 4.90 Å². The number of terminal acetylenes is 1. The average Bonchev–Trinajstić information content (AvgIpc) is 2.61. The number of unbranched alkanes of at least 4 members (excludes halogenated alkanes) is 1. The fraction of sp³-hybridized carbons (Fsp3) is 0.286. The molecule has 2 aromatic rings. The van der Waals surface area contributed by atoms with Gasteiger partial charge in [-0.3, -0.25) is 4.79 Å². The molecule has 0 radical (unpaired) electrons. The minimum atomic E-state index is 0.115. The van der Waals surface area contributed by atoms with Gasteiger partial charge < -0.3 is 4.90 Å². The molecule has 0 saturated heterocycles. The maximum Gasteiger partial charge on any atom is 0.223 e. The standard InChI is InChI=1S/C21H21NO/c1-2-3-5-14-21(23)22-16-19-13-9-8-12-18(19)15-20(22)17-10-6-4-7-11-17/h1,4,6-13,20H,3,5,14-16H2. The first-order valence-electron chi connectivity index (χ1n) is 8.14.